The molecule has 1 aromatic heterocycles. The lowest BCUT2D eigenvalue weighted by molar-refractivity contribution is -0.138. The van der Waals surface area contributed by atoms with E-state index < -0.39 is 0 Å². The molecule has 24 heavy (non-hydrogen) atoms. The maximum Gasteiger partial charge on any atom is 0.239 e. The highest BCUT2D eigenvalue weighted by Crippen LogP contribution is 2.29. The van der Waals surface area contributed by atoms with Crippen molar-refractivity contribution in [2.75, 3.05) is 26.8 Å². The van der Waals surface area contributed by atoms with Crippen LogP contribution in [0.1, 0.15) is 37.4 Å². The predicted octanol–water partition coefficient (Wildman–Crippen LogP) is 1.05. The van der Waals surface area contributed by atoms with Crippen LogP contribution in [0.15, 0.2) is 18.3 Å². The molecule has 3 heterocycles. The molecule has 1 aromatic rings. The number of nitrogens with one attached hydrogen (secondary N) is 1. The largest absolute Gasteiger partial charge is 0.481 e. The second-order valence-corrected chi connectivity index (χ2v) is 6.16. The molecule has 130 valence electrons. The monoisotopic (exact) mass is 333 g/mol. The van der Waals surface area contributed by atoms with Crippen LogP contribution < -0.4 is 10.1 Å². The zero-order valence-corrected chi connectivity index (χ0v) is 13.9. The van der Waals surface area contributed by atoms with E-state index in [4.69, 9.17) is 9.47 Å². The molecule has 0 spiro atoms. The van der Waals surface area contributed by atoms with Crippen LogP contribution in [0.2, 0.25) is 0 Å². The summed E-state index contributed by atoms with van der Waals surface area (Å²) < 4.78 is 10.8. The summed E-state index contributed by atoms with van der Waals surface area (Å²) in [7, 11) is 1.57. The van der Waals surface area contributed by atoms with Gasteiger partial charge in [0.05, 0.1) is 19.7 Å². The first-order chi connectivity index (χ1) is 11.7. The first-order valence-corrected chi connectivity index (χ1v) is 8.36. The van der Waals surface area contributed by atoms with E-state index in [0.717, 1.165) is 24.8 Å². The number of rotatable bonds is 5. The highest BCUT2D eigenvalue weighted by atomic mass is 16.5. The van der Waals surface area contributed by atoms with Gasteiger partial charge in [-0.1, -0.05) is 0 Å². The molecule has 0 saturated carbocycles. The number of carbonyl (C=O) groups is 2. The number of likely N-dealkylation sites (tertiary alicyclic amines) is 1. The van der Waals surface area contributed by atoms with Gasteiger partial charge in [0.15, 0.2) is 0 Å². The number of hydrogen-bond acceptors (Lipinski definition) is 5. The van der Waals surface area contributed by atoms with Crippen LogP contribution >= 0.6 is 0 Å². The van der Waals surface area contributed by atoms with Crippen molar-refractivity contribution in [3.05, 3.63) is 23.9 Å². The van der Waals surface area contributed by atoms with Crippen molar-refractivity contribution in [1.29, 1.82) is 0 Å². The third kappa shape index (κ3) is 3.84. The van der Waals surface area contributed by atoms with Crippen molar-refractivity contribution >= 4 is 11.8 Å². The van der Waals surface area contributed by atoms with Crippen LogP contribution in [0.25, 0.3) is 0 Å². The van der Waals surface area contributed by atoms with Gasteiger partial charge in [-0.3, -0.25) is 9.59 Å². The van der Waals surface area contributed by atoms with Crippen LogP contribution in [-0.2, 0) is 14.3 Å². The number of hydrogen-bond donors (Lipinski definition) is 1. The summed E-state index contributed by atoms with van der Waals surface area (Å²) in [4.78, 5) is 29.9. The summed E-state index contributed by atoms with van der Waals surface area (Å²) in [6.07, 6.45) is 4.66. The van der Waals surface area contributed by atoms with Crippen molar-refractivity contribution in [3.8, 4) is 5.88 Å². The van der Waals surface area contributed by atoms with E-state index in [2.05, 4.69) is 10.3 Å². The number of carbonyl (C=O) groups excluding carboxylic acids is 2. The Labute approximate surface area is 141 Å². The summed E-state index contributed by atoms with van der Waals surface area (Å²) >= 11 is 0. The lowest BCUT2D eigenvalue weighted by Gasteiger charge is -2.27. The van der Waals surface area contributed by atoms with Gasteiger partial charge in [0, 0.05) is 37.4 Å². The first kappa shape index (κ1) is 16.7. The molecule has 2 atom stereocenters. The van der Waals surface area contributed by atoms with Crippen LogP contribution in [0, 0.1) is 0 Å². The second-order valence-electron chi connectivity index (χ2n) is 6.16. The fraction of sp³-hybridized carbons (Fsp3) is 0.588. The fourth-order valence-electron chi connectivity index (χ4n) is 3.20. The van der Waals surface area contributed by atoms with E-state index in [-0.39, 0.29) is 30.5 Å². The van der Waals surface area contributed by atoms with Gasteiger partial charge in [-0.25, -0.2) is 4.98 Å². The van der Waals surface area contributed by atoms with E-state index in [9.17, 15) is 9.59 Å². The number of aromatic nitrogens is 1. The summed E-state index contributed by atoms with van der Waals surface area (Å²) in [6, 6.07) is 3.57. The molecule has 2 amide bonds. The van der Waals surface area contributed by atoms with Crippen molar-refractivity contribution in [2.24, 2.45) is 0 Å². The second kappa shape index (κ2) is 7.61. The maximum atomic E-state index is 12.3. The van der Waals surface area contributed by atoms with Crippen molar-refractivity contribution in [1.82, 2.24) is 15.2 Å². The summed E-state index contributed by atoms with van der Waals surface area (Å²) in [5.74, 6) is 0.475. The molecule has 7 heteroatoms. The molecule has 2 saturated heterocycles. The van der Waals surface area contributed by atoms with E-state index >= 15 is 0 Å². The average Bonchev–Trinajstić information content (AvgIpc) is 3.05. The molecule has 0 unspecified atom stereocenters. The SMILES string of the molecule is COc1ccc([C@H]2OCC[C@@H]2NC(=O)CN2CCCCC2=O)cn1. The Balaban J connectivity index is 1.58. The third-order valence-corrected chi connectivity index (χ3v) is 4.49. The van der Waals surface area contributed by atoms with E-state index in [1.807, 2.05) is 6.07 Å². The molecule has 2 aliphatic heterocycles. The van der Waals surface area contributed by atoms with Gasteiger partial charge in [0.1, 0.15) is 6.10 Å². The van der Waals surface area contributed by atoms with Gasteiger partial charge in [-0.05, 0) is 25.3 Å². The number of amides is 2. The Morgan fingerprint density at radius 1 is 1.46 bits per heavy atom. The molecule has 2 fully saturated rings. The van der Waals surface area contributed by atoms with E-state index in [1.165, 1.54) is 0 Å². The lowest BCUT2D eigenvalue weighted by atomic mass is 10.0. The molecular formula is C17H23N3O4. The molecular weight excluding hydrogens is 310 g/mol. The van der Waals surface area contributed by atoms with Gasteiger partial charge >= 0.3 is 0 Å². The van der Waals surface area contributed by atoms with E-state index in [0.29, 0.717) is 25.5 Å². The van der Waals surface area contributed by atoms with Gasteiger partial charge < -0.3 is 19.7 Å². The zero-order chi connectivity index (χ0) is 16.9. The van der Waals surface area contributed by atoms with Crippen LogP contribution in [0.3, 0.4) is 0 Å². The van der Waals surface area contributed by atoms with Gasteiger partial charge in [-0.2, -0.15) is 0 Å². The maximum absolute atomic E-state index is 12.3. The van der Waals surface area contributed by atoms with Crippen LogP contribution in [0.4, 0.5) is 0 Å². The minimum absolute atomic E-state index is 0.0648. The number of ether oxygens (including phenoxy) is 2. The van der Waals surface area contributed by atoms with Crippen LogP contribution in [0.5, 0.6) is 5.88 Å². The molecule has 1 N–H and O–H groups in total. The van der Waals surface area contributed by atoms with Crippen molar-refractivity contribution in [2.45, 2.75) is 37.8 Å². The Morgan fingerprint density at radius 2 is 2.33 bits per heavy atom. The highest BCUT2D eigenvalue weighted by molar-refractivity contribution is 5.85. The summed E-state index contributed by atoms with van der Waals surface area (Å²) in [5, 5.41) is 3.01. The van der Waals surface area contributed by atoms with E-state index in [1.54, 1.807) is 24.3 Å². The third-order valence-electron chi connectivity index (χ3n) is 4.49. The minimum atomic E-state index is -0.218. The molecule has 2 aliphatic rings. The number of methoxy groups -OCH3 is 1. The summed E-state index contributed by atoms with van der Waals surface area (Å²) in [5.41, 5.74) is 0.910. The zero-order valence-electron chi connectivity index (χ0n) is 13.9. The smallest absolute Gasteiger partial charge is 0.239 e. The van der Waals surface area contributed by atoms with Gasteiger partial charge in [0.2, 0.25) is 17.7 Å². The van der Waals surface area contributed by atoms with Crippen LogP contribution in [-0.4, -0.2) is 54.5 Å². The topological polar surface area (TPSA) is 80.8 Å². The van der Waals surface area contributed by atoms with Gasteiger partial charge in [-0.15, -0.1) is 0 Å². The Morgan fingerprint density at radius 3 is 3.04 bits per heavy atom. The molecule has 3 rings (SSSR count). The highest BCUT2D eigenvalue weighted by Gasteiger charge is 2.32. The summed E-state index contributed by atoms with van der Waals surface area (Å²) in [6.45, 7) is 1.38. The quantitative estimate of drug-likeness (QED) is 0.871. The van der Waals surface area contributed by atoms with Crippen molar-refractivity contribution < 1.29 is 19.1 Å². The molecule has 0 radical (unpaired) electrons. The molecule has 0 aliphatic carbocycles. The lowest BCUT2D eigenvalue weighted by Crippen LogP contribution is -2.46. The normalized spacial score (nSPS) is 24.0. The van der Waals surface area contributed by atoms with Gasteiger partial charge in [0.25, 0.3) is 0 Å². The molecule has 0 aromatic carbocycles. The molecule has 7 nitrogen and oxygen atoms in total. The fourth-order valence-corrected chi connectivity index (χ4v) is 3.20. The number of pyridine rings is 1. The number of nitrogens with zero attached hydrogens (tertiary/aromatic N) is 2. The Bertz CT molecular complexity index is 590. The molecule has 0 bridgehead atoms. The Hall–Kier alpha value is -2.15. The standard InChI is InChI=1S/C17H23N3O4/c1-23-15-6-5-12(10-18-15)17-13(7-9-24-17)19-14(21)11-20-8-3-2-4-16(20)22/h5-6,10,13,17H,2-4,7-9,11H2,1H3,(H,19,21)/t13-,17+/m0/s1. The van der Waals surface area contributed by atoms with Crippen molar-refractivity contribution in [3.63, 3.8) is 0 Å². The Kier molecular flexibility index (Phi) is 5.30. The minimum Gasteiger partial charge on any atom is -0.481 e. The number of piperidine rings is 1. The average molecular weight is 333 g/mol. The predicted molar refractivity (Wildman–Crippen MR) is 86.5 cm³/mol. The first-order valence-electron chi connectivity index (χ1n) is 8.36.